The Hall–Kier alpha value is -2.25. The van der Waals surface area contributed by atoms with E-state index in [1.54, 1.807) is 24.3 Å². The zero-order valence-corrected chi connectivity index (χ0v) is 16.9. The van der Waals surface area contributed by atoms with Gasteiger partial charge in [-0.15, -0.1) is 0 Å². The van der Waals surface area contributed by atoms with E-state index in [0.29, 0.717) is 37.6 Å². The van der Waals surface area contributed by atoms with Crippen molar-refractivity contribution in [3.8, 4) is 0 Å². The molecule has 0 radical (unpaired) electrons. The van der Waals surface area contributed by atoms with Gasteiger partial charge in [-0.3, -0.25) is 19.3 Å². The molecule has 0 spiro atoms. The van der Waals surface area contributed by atoms with Crippen LogP contribution in [-0.2, 0) is 14.3 Å². The standard InChI is InChI=1S/C22H31NO6/c24-20(25)12-6-4-2-1-3-5-9-14-28-16-17-29-15-13-23-21(26)18-10-7-8-11-19(18)22(23)27/h7-8,10-11H,1-6,9,12-17H2,(H,24,25). The number of hydrogen-bond acceptors (Lipinski definition) is 5. The molecule has 7 heteroatoms. The summed E-state index contributed by atoms with van der Waals surface area (Å²) in [4.78, 5) is 36.0. The van der Waals surface area contributed by atoms with Crippen LogP contribution in [0.2, 0.25) is 0 Å². The molecule has 0 saturated carbocycles. The van der Waals surface area contributed by atoms with Gasteiger partial charge in [0.05, 0.1) is 37.5 Å². The SMILES string of the molecule is O=C(O)CCCCCCCCCOCCOCCN1C(=O)c2ccccc2C1=O. The van der Waals surface area contributed by atoms with Gasteiger partial charge in [0.15, 0.2) is 0 Å². The molecule has 0 unspecified atom stereocenters. The maximum absolute atomic E-state index is 12.2. The minimum Gasteiger partial charge on any atom is -0.481 e. The molecule has 0 fully saturated rings. The normalized spacial score (nSPS) is 13.2. The highest BCUT2D eigenvalue weighted by Gasteiger charge is 2.34. The molecule has 0 saturated heterocycles. The van der Waals surface area contributed by atoms with E-state index in [4.69, 9.17) is 14.6 Å². The van der Waals surface area contributed by atoms with Gasteiger partial charge in [0.25, 0.3) is 11.8 Å². The van der Waals surface area contributed by atoms with E-state index in [2.05, 4.69) is 0 Å². The third-order valence-electron chi connectivity index (χ3n) is 4.89. The third kappa shape index (κ3) is 7.95. The highest BCUT2D eigenvalue weighted by atomic mass is 16.5. The number of fused-ring (bicyclic) bond motifs is 1. The van der Waals surface area contributed by atoms with Crippen LogP contribution in [0.4, 0.5) is 0 Å². The molecule has 1 aliphatic rings. The second-order valence-electron chi connectivity index (χ2n) is 7.15. The number of carboxylic acids is 1. The molecule has 2 rings (SSSR count). The summed E-state index contributed by atoms with van der Waals surface area (Å²) >= 11 is 0. The smallest absolute Gasteiger partial charge is 0.303 e. The Morgan fingerprint density at radius 2 is 1.28 bits per heavy atom. The predicted molar refractivity (Wildman–Crippen MR) is 108 cm³/mol. The number of benzene rings is 1. The summed E-state index contributed by atoms with van der Waals surface area (Å²) in [5, 5.41) is 8.56. The van der Waals surface area contributed by atoms with Crippen molar-refractivity contribution in [3.63, 3.8) is 0 Å². The Kier molecular flexibility index (Phi) is 10.4. The quantitative estimate of drug-likeness (QED) is 0.334. The van der Waals surface area contributed by atoms with Gasteiger partial charge in [-0.05, 0) is 25.0 Å². The van der Waals surface area contributed by atoms with Gasteiger partial charge in [-0.25, -0.2) is 0 Å². The van der Waals surface area contributed by atoms with Crippen LogP contribution in [0.15, 0.2) is 24.3 Å². The first kappa shape index (κ1) is 23.0. The van der Waals surface area contributed by atoms with Crippen LogP contribution >= 0.6 is 0 Å². The molecule has 1 heterocycles. The minimum absolute atomic E-state index is 0.249. The van der Waals surface area contributed by atoms with Crippen molar-refractivity contribution in [2.45, 2.75) is 51.4 Å². The lowest BCUT2D eigenvalue weighted by Crippen LogP contribution is -2.33. The lowest BCUT2D eigenvalue weighted by atomic mass is 10.1. The number of aliphatic carboxylic acids is 1. The third-order valence-corrected chi connectivity index (χ3v) is 4.89. The summed E-state index contributed by atoms with van der Waals surface area (Å²) in [6.07, 6.45) is 7.52. The molecule has 0 aliphatic carbocycles. The average Bonchev–Trinajstić information content (AvgIpc) is 2.95. The predicted octanol–water partition coefficient (Wildman–Crippen LogP) is 3.52. The van der Waals surface area contributed by atoms with Gasteiger partial charge in [0.2, 0.25) is 0 Å². The number of hydrogen-bond donors (Lipinski definition) is 1. The Labute approximate surface area is 172 Å². The Morgan fingerprint density at radius 3 is 1.86 bits per heavy atom. The summed E-state index contributed by atoms with van der Waals surface area (Å²) in [6.45, 7) is 2.18. The van der Waals surface area contributed by atoms with Gasteiger partial charge in [-0.1, -0.05) is 44.2 Å². The number of rotatable bonds is 16. The Bertz CT molecular complexity index is 640. The summed E-state index contributed by atoms with van der Waals surface area (Å²) in [6, 6.07) is 6.85. The largest absolute Gasteiger partial charge is 0.481 e. The molecule has 0 atom stereocenters. The van der Waals surface area contributed by atoms with E-state index in [-0.39, 0.29) is 24.8 Å². The van der Waals surface area contributed by atoms with E-state index >= 15 is 0 Å². The molecule has 2 amide bonds. The van der Waals surface area contributed by atoms with Gasteiger partial charge in [0.1, 0.15) is 0 Å². The second kappa shape index (κ2) is 13.1. The Balaban J connectivity index is 1.39. The van der Waals surface area contributed by atoms with E-state index in [1.807, 2.05) is 0 Å². The first-order chi connectivity index (χ1) is 14.1. The lowest BCUT2D eigenvalue weighted by Gasteiger charge is -2.13. The molecule has 7 nitrogen and oxygen atoms in total. The van der Waals surface area contributed by atoms with Crippen LogP contribution in [0.1, 0.15) is 72.1 Å². The van der Waals surface area contributed by atoms with Crippen molar-refractivity contribution < 1.29 is 29.0 Å². The fraction of sp³-hybridized carbons (Fsp3) is 0.591. The molecule has 1 N–H and O–H groups in total. The van der Waals surface area contributed by atoms with Gasteiger partial charge in [-0.2, -0.15) is 0 Å². The monoisotopic (exact) mass is 405 g/mol. The highest BCUT2D eigenvalue weighted by Crippen LogP contribution is 2.21. The number of carboxylic acid groups (broad SMARTS) is 1. The summed E-state index contributed by atoms with van der Waals surface area (Å²) in [5.74, 6) is -1.23. The van der Waals surface area contributed by atoms with Crippen molar-refractivity contribution in [3.05, 3.63) is 35.4 Å². The number of carbonyl (C=O) groups is 3. The maximum Gasteiger partial charge on any atom is 0.303 e. The average molecular weight is 405 g/mol. The molecule has 1 aliphatic heterocycles. The van der Waals surface area contributed by atoms with Gasteiger partial charge < -0.3 is 14.6 Å². The maximum atomic E-state index is 12.2. The van der Waals surface area contributed by atoms with Gasteiger partial charge >= 0.3 is 5.97 Å². The van der Waals surface area contributed by atoms with Gasteiger partial charge in [0, 0.05) is 13.0 Å². The first-order valence-corrected chi connectivity index (χ1v) is 10.4. The summed E-state index contributed by atoms with van der Waals surface area (Å²) in [7, 11) is 0. The van der Waals surface area contributed by atoms with Crippen LogP contribution in [-0.4, -0.2) is 60.8 Å². The van der Waals surface area contributed by atoms with Crippen molar-refractivity contribution in [2.75, 3.05) is 33.0 Å². The molecule has 1 aromatic rings. The second-order valence-corrected chi connectivity index (χ2v) is 7.15. The molecule has 0 bridgehead atoms. The van der Waals surface area contributed by atoms with Crippen molar-refractivity contribution >= 4 is 17.8 Å². The lowest BCUT2D eigenvalue weighted by molar-refractivity contribution is -0.137. The summed E-state index contributed by atoms with van der Waals surface area (Å²) < 4.78 is 11.0. The fourth-order valence-corrected chi connectivity index (χ4v) is 3.28. The number of amides is 2. The van der Waals surface area contributed by atoms with Crippen LogP contribution in [0.5, 0.6) is 0 Å². The van der Waals surface area contributed by atoms with Crippen molar-refractivity contribution in [2.24, 2.45) is 0 Å². The molecular weight excluding hydrogens is 374 g/mol. The fourth-order valence-electron chi connectivity index (χ4n) is 3.28. The van der Waals surface area contributed by atoms with Crippen molar-refractivity contribution in [1.82, 2.24) is 4.90 Å². The topological polar surface area (TPSA) is 93.1 Å². The number of imide groups is 1. The highest BCUT2D eigenvalue weighted by molar-refractivity contribution is 6.21. The Morgan fingerprint density at radius 1 is 0.759 bits per heavy atom. The zero-order chi connectivity index (χ0) is 20.9. The number of carbonyl (C=O) groups excluding carboxylic acids is 2. The van der Waals surface area contributed by atoms with Crippen LogP contribution < -0.4 is 0 Å². The minimum atomic E-state index is -0.713. The summed E-state index contributed by atoms with van der Waals surface area (Å²) in [5.41, 5.74) is 0.919. The van der Waals surface area contributed by atoms with Crippen LogP contribution in [0, 0.1) is 0 Å². The molecule has 1 aromatic carbocycles. The van der Waals surface area contributed by atoms with E-state index in [1.165, 1.54) is 4.90 Å². The molecule has 0 aromatic heterocycles. The van der Waals surface area contributed by atoms with E-state index in [0.717, 1.165) is 44.9 Å². The van der Waals surface area contributed by atoms with Crippen LogP contribution in [0.3, 0.4) is 0 Å². The molecule has 160 valence electrons. The number of nitrogens with zero attached hydrogens (tertiary/aromatic N) is 1. The zero-order valence-electron chi connectivity index (χ0n) is 16.9. The molecule has 29 heavy (non-hydrogen) atoms. The number of unbranched alkanes of at least 4 members (excludes halogenated alkanes) is 6. The van der Waals surface area contributed by atoms with E-state index < -0.39 is 5.97 Å². The van der Waals surface area contributed by atoms with E-state index in [9.17, 15) is 14.4 Å². The first-order valence-electron chi connectivity index (χ1n) is 10.4. The van der Waals surface area contributed by atoms with Crippen molar-refractivity contribution in [1.29, 1.82) is 0 Å². The van der Waals surface area contributed by atoms with Crippen LogP contribution in [0.25, 0.3) is 0 Å². The number of ether oxygens (including phenoxy) is 2. The molecular formula is C22H31NO6.